The molecule has 116 valence electrons. The van der Waals surface area contributed by atoms with Gasteiger partial charge in [0.1, 0.15) is 5.15 Å². The van der Waals surface area contributed by atoms with Gasteiger partial charge in [0.15, 0.2) is 0 Å². The molecule has 1 amide bonds. The van der Waals surface area contributed by atoms with E-state index >= 15 is 0 Å². The smallest absolute Gasteiger partial charge is 0.257 e. The average molecular weight is 326 g/mol. The number of carbonyl (C=O) groups is 1. The van der Waals surface area contributed by atoms with Crippen molar-refractivity contribution >= 4 is 28.4 Å². The lowest BCUT2D eigenvalue weighted by atomic mass is 10.1. The van der Waals surface area contributed by atoms with Crippen molar-refractivity contribution in [3.8, 4) is 0 Å². The summed E-state index contributed by atoms with van der Waals surface area (Å²) >= 11 is 6.09. The van der Waals surface area contributed by atoms with Gasteiger partial charge < -0.3 is 9.88 Å². The number of fused-ring (bicyclic) bond motifs is 1. The summed E-state index contributed by atoms with van der Waals surface area (Å²) in [6.07, 6.45) is 5.63. The molecule has 0 bridgehead atoms. The molecule has 1 fully saturated rings. The fraction of sp³-hybridized carbons (Fsp3) is 0.222. The number of benzene rings is 1. The molecule has 1 N–H and O–H groups in total. The Hall–Kier alpha value is -2.33. The summed E-state index contributed by atoms with van der Waals surface area (Å²) in [5.41, 5.74) is 2.70. The largest absolute Gasteiger partial charge is 0.361 e. The van der Waals surface area contributed by atoms with Crippen LogP contribution in [-0.2, 0) is 6.54 Å². The average Bonchev–Trinajstić information content (AvgIpc) is 3.29. The number of pyridine rings is 1. The van der Waals surface area contributed by atoms with E-state index in [4.69, 9.17) is 11.6 Å². The summed E-state index contributed by atoms with van der Waals surface area (Å²) in [6.45, 7) is 0.593. The minimum atomic E-state index is -0.0419. The number of H-pyrrole nitrogens is 1. The fourth-order valence-electron chi connectivity index (χ4n) is 2.85. The topological polar surface area (TPSA) is 49.0 Å². The lowest BCUT2D eigenvalue weighted by molar-refractivity contribution is 0.0729. The number of rotatable bonds is 4. The number of aromatic amines is 1. The zero-order chi connectivity index (χ0) is 15.8. The van der Waals surface area contributed by atoms with Gasteiger partial charge in [0.2, 0.25) is 0 Å². The van der Waals surface area contributed by atoms with Crippen LogP contribution >= 0.6 is 11.6 Å². The predicted molar refractivity (Wildman–Crippen MR) is 90.4 cm³/mol. The van der Waals surface area contributed by atoms with Gasteiger partial charge in [-0.15, -0.1) is 0 Å². The van der Waals surface area contributed by atoms with E-state index in [9.17, 15) is 4.79 Å². The molecular weight excluding hydrogens is 310 g/mol. The Kier molecular flexibility index (Phi) is 3.54. The Balaban J connectivity index is 1.63. The molecule has 4 nitrogen and oxygen atoms in total. The van der Waals surface area contributed by atoms with Gasteiger partial charge in [-0.2, -0.15) is 0 Å². The van der Waals surface area contributed by atoms with Crippen LogP contribution in [0.2, 0.25) is 5.15 Å². The second-order valence-corrected chi connectivity index (χ2v) is 6.26. The van der Waals surface area contributed by atoms with E-state index in [1.165, 1.54) is 0 Å². The summed E-state index contributed by atoms with van der Waals surface area (Å²) in [5.74, 6) is -0.0419. The van der Waals surface area contributed by atoms with E-state index in [0.717, 1.165) is 29.3 Å². The maximum Gasteiger partial charge on any atom is 0.257 e. The van der Waals surface area contributed by atoms with Crippen molar-refractivity contribution in [2.45, 2.75) is 25.4 Å². The van der Waals surface area contributed by atoms with Crippen LogP contribution in [0.5, 0.6) is 0 Å². The second kappa shape index (κ2) is 5.70. The summed E-state index contributed by atoms with van der Waals surface area (Å²) in [5, 5.41) is 1.43. The number of carbonyl (C=O) groups excluding carboxylic acids is 1. The van der Waals surface area contributed by atoms with Crippen LogP contribution in [0.1, 0.15) is 28.8 Å². The van der Waals surface area contributed by atoms with Gasteiger partial charge >= 0.3 is 0 Å². The van der Waals surface area contributed by atoms with Crippen molar-refractivity contribution in [1.82, 2.24) is 14.9 Å². The van der Waals surface area contributed by atoms with Crippen LogP contribution in [-0.4, -0.2) is 26.8 Å². The molecule has 0 unspecified atom stereocenters. The first-order chi connectivity index (χ1) is 11.2. The van der Waals surface area contributed by atoms with E-state index in [1.54, 1.807) is 18.3 Å². The Morgan fingerprint density at radius 2 is 2.17 bits per heavy atom. The van der Waals surface area contributed by atoms with Crippen LogP contribution in [0.3, 0.4) is 0 Å². The van der Waals surface area contributed by atoms with E-state index in [-0.39, 0.29) is 11.1 Å². The number of halogens is 1. The van der Waals surface area contributed by atoms with Crippen LogP contribution in [0.15, 0.2) is 48.8 Å². The zero-order valence-corrected chi connectivity index (χ0v) is 13.3. The van der Waals surface area contributed by atoms with E-state index in [1.807, 2.05) is 17.2 Å². The fourth-order valence-corrected chi connectivity index (χ4v) is 3.05. The highest BCUT2D eigenvalue weighted by atomic mass is 35.5. The van der Waals surface area contributed by atoms with Crippen LogP contribution < -0.4 is 0 Å². The molecule has 0 spiro atoms. The normalized spacial score (nSPS) is 14.1. The molecule has 1 aliphatic rings. The lowest BCUT2D eigenvalue weighted by Gasteiger charge is -2.23. The molecule has 2 heterocycles. The van der Waals surface area contributed by atoms with Gasteiger partial charge in [-0.3, -0.25) is 4.79 Å². The molecule has 0 radical (unpaired) electrons. The van der Waals surface area contributed by atoms with Crippen molar-refractivity contribution in [1.29, 1.82) is 0 Å². The zero-order valence-electron chi connectivity index (χ0n) is 12.5. The number of nitrogens with zero attached hydrogens (tertiary/aromatic N) is 2. The molecule has 2 aromatic heterocycles. The van der Waals surface area contributed by atoms with Crippen LogP contribution in [0, 0.1) is 0 Å². The van der Waals surface area contributed by atoms with E-state index in [2.05, 4.69) is 28.2 Å². The van der Waals surface area contributed by atoms with Crippen LogP contribution in [0.4, 0.5) is 0 Å². The molecule has 4 rings (SSSR count). The summed E-state index contributed by atoms with van der Waals surface area (Å²) in [6, 6.07) is 12.1. The minimum Gasteiger partial charge on any atom is -0.361 e. The first-order valence-corrected chi connectivity index (χ1v) is 8.08. The second-order valence-electron chi connectivity index (χ2n) is 5.91. The third-order valence-electron chi connectivity index (χ3n) is 4.21. The molecule has 1 aromatic carbocycles. The molecule has 0 saturated heterocycles. The van der Waals surface area contributed by atoms with E-state index < -0.39 is 0 Å². The van der Waals surface area contributed by atoms with Gasteiger partial charge in [-0.05, 0) is 54.1 Å². The minimum absolute atomic E-state index is 0.0419. The summed E-state index contributed by atoms with van der Waals surface area (Å²) < 4.78 is 0. The molecule has 0 atom stereocenters. The van der Waals surface area contributed by atoms with Crippen molar-refractivity contribution in [3.63, 3.8) is 0 Å². The highest BCUT2D eigenvalue weighted by Crippen LogP contribution is 2.31. The Labute approximate surface area is 139 Å². The highest BCUT2D eigenvalue weighted by molar-refractivity contribution is 6.32. The van der Waals surface area contributed by atoms with E-state index in [0.29, 0.717) is 18.2 Å². The first kappa shape index (κ1) is 14.3. The Bertz CT molecular complexity index is 869. The third kappa shape index (κ3) is 2.82. The van der Waals surface area contributed by atoms with Gasteiger partial charge in [-0.25, -0.2) is 4.98 Å². The first-order valence-electron chi connectivity index (χ1n) is 7.70. The molecule has 0 aliphatic heterocycles. The predicted octanol–water partition coefficient (Wildman–Crippen LogP) is 4.02. The molecule has 3 aromatic rings. The molecule has 1 saturated carbocycles. The van der Waals surface area contributed by atoms with Crippen LogP contribution in [0.25, 0.3) is 10.9 Å². The maximum absolute atomic E-state index is 12.9. The molecular formula is C18H16ClN3O. The summed E-state index contributed by atoms with van der Waals surface area (Å²) in [4.78, 5) is 22.0. The molecule has 5 heteroatoms. The van der Waals surface area contributed by atoms with Gasteiger partial charge in [0.25, 0.3) is 5.91 Å². The van der Waals surface area contributed by atoms with Gasteiger partial charge in [0, 0.05) is 30.5 Å². The Morgan fingerprint density at radius 1 is 1.30 bits per heavy atom. The summed E-state index contributed by atoms with van der Waals surface area (Å²) in [7, 11) is 0. The highest BCUT2D eigenvalue weighted by Gasteiger charge is 2.33. The standard InChI is InChI=1S/C18H16ClN3O/c19-17-15(2-1-8-21-17)18(23)22(14-4-5-14)11-12-3-6-16-13(10-12)7-9-20-16/h1-3,6-10,14,20H,4-5,11H2. The SMILES string of the molecule is O=C(c1cccnc1Cl)N(Cc1ccc2[nH]ccc2c1)C1CC1. The maximum atomic E-state index is 12.9. The number of nitrogens with one attached hydrogen (secondary N) is 1. The Morgan fingerprint density at radius 3 is 2.96 bits per heavy atom. The van der Waals surface area contributed by atoms with Gasteiger partial charge in [-0.1, -0.05) is 17.7 Å². The number of hydrogen-bond donors (Lipinski definition) is 1. The quantitative estimate of drug-likeness (QED) is 0.736. The van der Waals surface area contributed by atoms with Gasteiger partial charge in [0.05, 0.1) is 5.56 Å². The number of aromatic nitrogens is 2. The number of amides is 1. The molecule has 1 aliphatic carbocycles. The van der Waals surface area contributed by atoms with Crippen molar-refractivity contribution < 1.29 is 4.79 Å². The van der Waals surface area contributed by atoms with Crippen molar-refractivity contribution in [2.24, 2.45) is 0 Å². The molecule has 23 heavy (non-hydrogen) atoms. The monoisotopic (exact) mass is 325 g/mol. The lowest BCUT2D eigenvalue weighted by Crippen LogP contribution is -2.32. The number of hydrogen-bond acceptors (Lipinski definition) is 2. The van der Waals surface area contributed by atoms with Crippen molar-refractivity contribution in [3.05, 3.63) is 65.1 Å². The third-order valence-corrected chi connectivity index (χ3v) is 4.51. The van der Waals surface area contributed by atoms with Crippen molar-refractivity contribution in [2.75, 3.05) is 0 Å².